The molecule has 2 aromatic carbocycles. The predicted molar refractivity (Wildman–Crippen MR) is 134 cm³/mol. The quantitative estimate of drug-likeness (QED) is 0.221. The van der Waals surface area contributed by atoms with Crippen molar-refractivity contribution < 1.29 is 45.5 Å². The number of Topliss-reactive ketones (excluding diaryl/α,β-unsaturated/α-hetero) is 1. The summed E-state index contributed by atoms with van der Waals surface area (Å²) in [5.41, 5.74) is 4.72. The van der Waals surface area contributed by atoms with E-state index in [4.69, 9.17) is 5.73 Å². The van der Waals surface area contributed by atoms with Crippen molar-refractivity contribution in [3.63, 3.8) is 0 Å². The van der Waals surface area contributed by atoms with Crippen LogP contribution in [-0.4, -0.2) is 44.8 Å². The van der Waals surface area contributed by atoms with Crippen LogP contribution in [-0.2, 0) is 22.2 Å². The number of halogens is 6. The summed E-state index contributed by atoms with van der Waals surface area (Å²) in [6, 6.07) is 11.5. The van der Waals surface area contributed by atoms with Crippen LogP contribution in [0.25, 0.3) is 17.1 Å². The number of alkyl halides is 6. The molecule has 218 valence electrons. The molecule has 15 heteroatoms. The van der Waals surface area contributed by atoms with E-state index in [-0.39, 0.29) is 34.6 Å². The van der Waals surface area contributed by atoms with Crippen LogP contribution in [0.1, 0.15) is 21.5 Å². The number of hydrogen-bond donors (Lipinski definition) is 2. The molecule has 0 bridgehead atoms. The Morgan fingerprint density at radius 3 is 2.31 bits per heavy atom. The molecule has 0 fully saturated rings. The lowest BCUT2D eigenvalue weighted by Gasteiger charge is -2.18. The van der Waals surface area contributed by atoms with Gasteiger partial charge in [-0.15, -0.1) is 13.2 Å². The number of amides is 2. The normalized spacial score (nSPS) is 12.4. The minimum absolute atomic E-state index is 0.0489. The Hall–Kier alpha value is -5.21. The molecule has 0 aliphatic carbocycles. The van der Waals surface area contributed by atoms with Crippen molar-refractivity contribution in [3.05, 3.63) is 95.8 Å². The SMILES string of the molecule is NC(=O)C(=O)C(Cc1ccc(OC(F)(F)F)cc1)NC(=O)c1cccnc1-n1ccc(-c2cccc(C(F)(F)F)c2)n1. The number of nitrogens with one attached hydrogen (secondary N) is 1. The molecule has 4 rings (SSSR count). The highest BCUT2D eigenvalue weighted by atomic mass is 19.4. The Labute approximate surface area is 232 Å². The third kappa shape index (κ3) is 7.30. The summed E-state index contributed by atoms with van der Waals surface area (Å²) < 4.78 is 81.7. The second-order valence-electron chi connectivity index (χ2n) is 8.75. The average molecular weight is 591 g/mol. The van der Waals surface area contributed by atoms with E-state index >= 15 is 0 Å². The van der Waals surface area contributed by atoms with Gasteiger partial charge in [-0.2, -0.15) is 18.3 Å². The summed E-state index contributed by atoms with van der Waals surface area (Å²) in [5, 5.41) is 6.62. The highest BCUT2D eigenvalue weighted by Gasteiger charge is 2.32. The maximum Gasteiger partial charge on any atom is 0.573 e. The highest BCUT2D eigenvalue weighted by Crippen LogP contribution is 2.32. The van der Waals surface area contributed by atoms with Crippen molar-refractivity contribution in [1.82, 2.24) is 20.1 Å². The number of pyridine rings is 1. The Morgan fingerprint density at radius 2 is 1.67 bits per heavy atom. The van der Waals surface area contributed by atoms with E-state index in [9.17, 15) is 40.7 Å². The molecular formula is C27H19F6N5O4. The minimum Gasteiger partial charge on any atom is -0.406 e. The summed E-state index contributed by atoms with van der Waals surface area (Å²) in [6.45, 7) is 0. The maximum atomic E-state index is 13.2. The molecule has 0 radical (unpaired) electrons. The molecule has 2 aromatic heterocycles. The lowest BCUT2D eigenvalue weighted by atomic mass is 10.0. The maximum absolute atomic E-state index is 13.2. The first kappa shape index (κ1) is 29.8. The molecule has 0 saturated heterocycles. The monoisotopic (exact) mass is 591 g/mol. The van der Waals surface area contributed by atoms with E-state index in [0.717, 1.165) is 28.9 Å². The number of aromatic nitrogens is 3. The van der Waals surface area contributed by atoms with Crippen LogP contribution in [0.5, 0.6) is 5.75 Å². The van der Waals surface area contributed by atoms with Crippen molar-refractivity contribution in [2.75, 3.05) is 0 Å². The van der Waals surface area contributed by atoms with Gasteiger partial charge < -0.3 is 15.8 Å². The molecular weight excluding hydrogens is 572 g/mol. The summed E-state index contributed by atoms with van der Waals surface area (Å²) in [4.78, 5) is 41.5. The number of ketones is 1. The van der Waals surface area contributed by atoms with Crippen LogP contribution >= 0.6 is 0 Å². The molecule has 0 spiro atoms. The molecule has 2 heterocycles. The smallest absolute Gasteiger partial charge is 0.406 e. The van der Waals surface area contributed by atoms with Gasteiger partial charge in [0, 0.05) is 24.4 Å². The number of carbonyl (C=O) groups excluding carboxylic acids is 3. The minimum atomic E-state index is -4.91. The summed E-state index contributed by atoms with van der Waals surface area (Å²) >= 11 is 0. The van der Waals surface area contributed by atoms with Gasteiger partial charge in [-0.3, -0.25) is 14.4 Å². The molecule has 3 N–H and O–H groups in total. The van der Waals surface area contributed by atoms with Crippen molar-refractivity contribution in [2.24, 2.45) is 5.73 Å². The zero-order valence-corrected chi connectivity index (χ0v) is 21.1. The van der Waals surface area contributed by atoms with Gasteiger partial charge in [-0.25, -0.2) is 9.67 Å². The van der Waals surface area contributed by atoms with Gasteiger partial charge in [-0.05, 0) is 48.0 Å². The standard InChI is InChI=1S/C27H19F6N5O4/c28-26(29,30)17-4-1-3-16(14-17)20-10-12-38(37-20)24-19(5-2-11-35-24)25(41)36-21(22(39)23(34)40)13-15-6-8-18(9-7-15)42-27(31,32)33/h1-12,14,21H,13H2,(H2,34,40)(H,36,41). The third-order valence-corrected chi connectivity index (χ3v) is 5.78. The van der Waals surface area contributed by atoms with Gasteiger partial charge in [0.2, 0.25) is 5.78 Å². The fourth-order valence-corrected chi connectivity index (χ4v) is 3.89. The molecule has 2 amide bonds. The van der Waals surface area contributed by atoms with E-state index in [0.29, 0.717) is 0 Å². The molecule has 9 nitrogen and oxygen atoms in total. The number of primary amides is 1. The van der Waals surface area contributed by atoms with E-state index in [1.54, 1.807) is 0 Å². The first-order chi connectivity index (χ1) is 19.7. The molecule has 4 aromatic rings. The molecule has 1 atom stereocenters. The predicted octanol–water partition coefficient (Wildman–Crippen LogP) is 4.25. The fourth-order valence-electron chi connectivity index (χ4n) is 3.89. The number of nitrogens with two attached hydrogens (primary N) is 1. The largest absolute Gasteiger partial charge is 0.573 e. The number of carbonyl (C=O) groups is 3. The molecule has 42 heavy (non-hydrogen) atoms. The van der Waals surface area contributed by atoms with Gasteiger partial charge in [0.05, 0.1) is 16.8 Å². The van der Waals surface area contributed by atoms with E-state index in [1.807, 2.05) is 0 Å². The van der Waals surface area contributed by atoms with Crippen molar-refractivity contribution >= 4 is 17.6 Å². The Bertz CT molecular complexity index is 1620. The molecule has 0 aliphatic rings. The zero-order valence-electron chi connectivity index (χ0n) is 21.1. The second kappa shape index (κ2) is 11.7. The number of ether oxygens (including phenoxy) is 1. The van der Waals surface area contributed by atoms with Crippen LogP contribution in [0.4, 0.5) is 26.3 Å². The van der Waals surface area contributed by atoms with Gasteiger partial charge >= 0.3 is 12.5 Å². The first-order valence-corrected chi connectivity index (χ1v) is 11.9. The average Bonchev–Trinajstić information content (AvgIpc) is 3.42. The van der Waals surface area contributed by atoms with Crippen LogP contribution < -0.4 is 15.8 Å². The van der Waals surface area contributed by atoms with E-state index < -0.39 is 47.5 Å². The number of rotatable bonds is 9. The van der Waals surface area contributed by atoms with Crippen LogP contribution in [0, 0.1) is 0 Å². The Kier molecular flexibility index (Phi) is 8.31. The topological polar surface area (TPSA) is 129 Å². The Morgan fingerprint density at radius 1 is 0.952 bits per heavy atom. The van der Waals surface area contributed by atoms with E-state index in [2.05, 4.69) is 20.1 Å². The van der Waals surface area contributed by atoms with Gasteiger partial charge in [0.1, 0.15) is 11.8 Å². The Balaban J connectivity index is 1.58. The lowest BCUT2D eigenvalue weighted by Crippen LogP contribution is -2.47. The number of hydrogen-bond acceptors (Lipinski definition) is 6. The van der Waals surface area contributed by atoms with Gasteiger partial charge in [0.25, 0.3) is 11.8 Å². The van der Waals surface area contributed by atoms with Gasteiger partial charge in [0.15, 0.2) is 5.82 Å². The zero-order chi connectivity index (χ0) is 30.7. The number of nitrogens with zero attached hydrogens (tertiary/aromatic N) is 3. The van der Waals surface area contributed by atoms with Gasteiger partial charge in [-0.1, -0.05) is 24.3 Å². The number of benzene rings is 2. The third-order valence-electron chi connectivity index (χ3n) is 5.78. The molecule has 1 unspecified atom stereocenters. The van der Waals surface area contributed by atoms with Crippen molar-refractivity contribution in [1.29, 1.82) is 0 Å². The first-order valence-electron chi connectivity index (χ1n) is 11.9. The van der Waals surface area contributed by atoms with Crippen LogP contribution in [0.15, 0.2) is 79.1 Å². The van der Waals surface area contributed by atoms with Crippen molar-refractivity contribution in [3.8, 4) is 22.8 Å². The highest BCUT2D eigenvalue weighted by molar-refractivity contribution is 6.38. The summed E-state index contributed by atoms with van der Waals surface area (Å²) in [5.74, 6) is -3.98. The van der Waals surface area contributed by atoms with Crippen LogP contribution in [0.3, 0.4) is 0 Å². The molecule has 0 saturated carbocycles. The second-order valence-corrected chi connectivity index (χ2v) is 8.75. The fraction of sp³-hybridized carbons (Fsp3) is 0.148. The molecule has 0 aliphatic heterocycles. The van der Waals surface area contributed by atoms with E-state index in [1.165, 1.54) is 54.9 Å². The summed E-state index contributed by atoms with van der Waals surface area (Å²) in [7, 11) is 0. The lowest BCUT2D eigenvalue weighted by molar-refractivity contribution is -0.274. The van der Waals surface area contributed by atoms with Crippen molar-refractivity contribution in [2.45, 2.75) is 25.0 Å². The van der Waals surface area contributed by atoms with Crippen LogP contribution in [0.2, 0.25) is 0 Å². The summed E-state index contributed by atoms with van der Waals surface area (Å²) in [6.07, 6.45) is -7.09.